The Kier molecular flexibility index (Phi) is 5.03. The van der Waals surface area contributed by atoms with E-state index in [0.717, 1.165) is 48.6 Å². The molecule has 1 aromatic heterocycles. The highest BCUT2D eigenvalue weighted by Gasteiger charge is 2.40. The Morgan fingerprint density at radius 1 is 1.11 bits per heavy atom. The van der Waals surface area contributed by atoms with Crippen LogP contribution in [-0.4, -0.2) is 48.0 Å². The van der Waals surface area contributed by atoms with Crippen LogP contribution in [0.25, 0.3) is 0 Å². The van der Waals surface area contributed by atoms with Crippen LogP contribution >= 0.6 is 0 Å². The van der Waals surface area contributed by atoms with Gasteiger partial charge in [0, 0.05) is 37.7 Å². The van der Waals surface area contributed by atoms with Crippen LogP contribution in [0.5, 0.6) is 0 Å². The SMILES string of the molecule is Cc1nc(C(=O)Nc2cccc(C)c2C)cc(N2CCC3(CC2)OCCO3)n1. The highest BCUT2D eigenvalue weighted by atomic mass is 16.7. The number of carbonyl (C=O) groups is 1. The number of carbonyl (C=O) groups excluding carboxylic acids is 1. The minimum atomic E-state index is -0.429. The van der Waals surface area contributed by atoms with E-state index in [1.807, 2.05) is 39.0 Å². The van der Waals surface area contributed by atoms with Crippen molar-refractivity contribution in [2.75, 3.05) is 36.5 Å². The average Bonchev–Trinajstić information content (AvgIpc) is 3.13. The molecule has 0 radical (unpaired) electrons. The van der Waals surface area contributed by atoms with E-state index >= 15 is 0 Å². The Morgan fingerprint density at radius 2 is 1.82 bits per heavy atom. The number of benzene rings is 1. The fourth-order valence-electron chi connectivity index (χ4n) is 3.77. The number of ether oxygens (including phenoxy) is 2. The molecule has 28 heavy (non-hydrogen) atoms. The summed E-state index contributed by atoms with van der Waals surface area (Å²) >= 11 is 0. The van der Waals surface area contributed by atoms with Crippen molar-refractivity contribution in [2.24, 2.45) is 0 Å². The quantitative estimate of drug-likeness (QED) is 0.879. The first kappa shape index (κ1) is 18.8. The molecule has 2 saturated heterocycles. The summed E-state index contributed by atoms with van der Waals surface area (Å²) in [5, 5.41) is 2.98. The van der Waals surface area contributed by atoms with Crippen LogP contribution in [0.1, 0.15) is 40.3 Å². The fourth-order valence-corrected chi connectivity index (χ4v) is 3.77. The molecular formula is C21H26N4O3. The van der Waals surface area contributed by atoms with Gasteiger partial charge in [-0.3, -0.25) is 4.79 Å². The van der Waals surface area contributed by atoms with Gasteiger partial charge in [0.1, 0.15) is 17.3 Å². The minimum absolute atomic E-state index is 0.226. The maximum Gasteiger partial charge on any atom is 0.274 e. The molecule has 7 heteroatoms. The van der Waals surface area contributed by atoms with Gasteiger partial charge >= 0.3 is 0 Å². The zero-order valence-electron chi connectivity index (χ0n) is 16.6. The largest absolute Gasteiger partial charge is 0.356 e. The maximum atomic E-state index is 12.8. The summed E-state index contributed by atoms with van der Waals surface area (Å²) in [5.41, 5.74) is 3.37. The number of nitrogens with one attached hydrogen (secondary N) is 1. The first-order chi connectivity index (χ1) is 13.5. The van der Waals surface area contributed by atoms with Gasteiger partial charge in [-0.15, -0.1) is 0 Å². The van der Waals surface area contributed by atoms with Crippen LogP contribution < -0.4 is 10.2 Å². The van der Waals surface area contributed by atoms with Gasteiger partial charge in [0.05, 0.1) is 13.2 Å². The summed E-state index contributed by atoms with van der Waals surface area (Å²) in [4.78, 5) is 23.9. The van der Waals surface area contributed by atoms with E-state index in [9.17, 15) is 4.79 Å². The van der Waals surface area contributed by atoms with Crippen molar-refractivity contribution >= 4 is 17.4 Å². The predicted molar refractivity (Wildman–Crippen MR) is 107 cm³/mol. The van der Waals surface area contributed by atoms with Crippen LogP contribution in [0, 0.1) is 20.8 Å². The van der Waals surface area contributed by atoms with E-state index in [1.165, 1.54) is 0 Å². The smallest absolute Gasteiger partial charge is 0.274 e. The summed E-state index contributed by atoms with van der Waals surface area (Å²) < 4.78 is 11.6. The lowest BCUT2D eigenvalue weighted by molar-refractivity contribution is -0.169. The maximum absolute atomic E-state index is 12.8. The zero-order chi connectivity index (χ0) is 19.7. The summed E-state index contributed by atoms with van der Waals surface area (Å²) in [7, 11) is 0. The van der Waals surface area contributed by atoms with Crippen LogP contribution in [0.4, 0.5) is 11.5 Å². The number of hydrogen-bond acceptors (Lipinski definition) is 6. The molecule has 0 saturated carbocycles. The molecule has 0 bridgehead atoms. The normalized spacial score (nSPS) is 18.5. The van der Waals surface area contributed by atoms with Gasteiger partial charge in [0.15, 0.2) is 5.79 Å². The van der Waals surface area contributed by atoms with E-state index in [4.69, 9.17) is 9.47 Å². The van der Waals surface area contributed by atoms with Gasteiger partial charge in [-0.05, 0) is 38.0 Å². The van der Waals surface area contributed by atoms with E-state index in [2.05, 4.69) is 20.2 Å². The van der Waals surface area contributed by atoms with Crippen LogP contribution in [-0.2, 0) is 9.47 Å². The number of rotatable bonds is 3. The van der Waals surface area contributed by atoms with Crippen molar-refractivity contribution in [3.8, 4) is 0 Å². The summed E-state index contributed by atoms with van der Waals surface area (Å²) in [6.07, 6.45) is 1.58. The molecule has 2 aliphatic heterocycles. The molecule has 3 heterocycles. The molecule has 0 unspecified atom stereocenters. The number of nitrogens with zero attached hydrogens (tertiary/aromatic N) is 3. The molecule has 1 N–H and O–H groups in total. The van der Waals surface area contributed by atoms with Gasteiger partial charge in [0.25, 0.3) is 5.91 Å². The van der Waals surface area contributed by atoms with Crippen LogP contribution in [0.3, 0.4) is 0 Å². The molecule has 1 amide bonds. The number of hydrogen-bond donors (Lipinski definition) is 1. The lowest BCUT2D eigenvalue weighted by Gasteiger charge is -2.38. The Bertz CT molecular complexity index is 883. The molecule has 0 atom stereocenters. The molecule has 2 fully saturated rings. The number of amides is 1. The molecule has 148 valence electrons. The molecule has 4 rings (SSSR count). The predicted octanol–water partition coefficient (Wildman–Crippen LogP) is 3.00. The van der Waals surface area contributed by atoms with E-state index in [1.54, 1.807) is 6.07 Å². The van der Waals surface area contributed by atoms with Gasteiger partial charge < -0.3 is 19.7 Å². The highest BCUT2D eigenvalue weighted by molar-refractivity contribution is 6.03. The van der Waals surface area contributed by atoms with Gasteiger partial charge in [-0.25, -0.2) is 9.97 Å². The monoisotopic (exact) mass is 382 g/mol. The Hall–Kier alpha value is -2.51. The zero-order valence-corrected chi connectivity index (χ0v) is 16.6. The van der Waals surface area contributed by atoms with Gasteiger partial charge in [0.2, 0.25) is 0 Å². The molecular weight excluding hydrogens is 356 g/mol. The van der Waals surface area contributed by atoms with Crippen molar-refractivity contribution in [1.82, 2.24) is 9.97 Å². The van der Waals surface area contributed by atoms with Gasteiger partial charge in [-0.1, -0.05) is 12.1 Å². The first-order valence-corrected chi connectivity index (χ1v) is 9.72. The van der Waals surface area contributed by atoms with Crippen molar-refractivity contribution in [2.45, 2.75) is 39.4 Å². The number of anilines is 2. The third-order valence-corrected chi connectivity index (χ3v) is 5.57. The van der Waals surface area contributed by atoms with Crippen molar-refractivity contribution in [1.29, 1.82) is 0 Å². The second-order valence-corrected chi connectivity index (χ2v) is 7.45. The third-order valence-electron chi connectivity index (χ3n) is 5.57. The molecule has 2 aromatic rings. The first-order valence-electron chi connectivity index (χ1n) is 9.72. The fraction of sp³-hybridized carbons (Fsp3) is 0.476. The third kappa shape index (κ3) is 3.72. The molecule has 1 spiro atoms. The van der Waals surface area contributed by atoms with Gasteiger partial charge in [-0.2, -0.15) is 0 Å². The van der Waals surface area contributed by atoms with E-state index < -0.39 is 5.79 Å². The standard InChI is InChI=1S/C21H26N4O3/c1-14-5-4-6-17(15(14)2)24-20(26)18-13-19(23-16(3)22-18)25-9-7-21(8-10-25)27-11-12-28-21/h4-6,13H,7-12H2,1-3H3,(H,24,26). The van der Waals surface area contributed by atoms with Crippen LogP contribution in [0.2, 0.25) is 0 Å². The van der Waals surface area contributed by atoms with E-state index in [-0.39, 0.29) is 5.91 Å². The van der Waals surface area contributed by atoms with Crippen LogP contribution in [0.15, 0.2) is 24.3 Å². The highest BCUT2D eigenvalue weighted by Crippen LogP contribution is 2.32. The van der Waals surface area contributed by atoms with Crippen molar-refractivity contribution in [3.05, 3.63) is 46.9 Å². The van der Waals surface area contributed by atoms with E-state index in [0.29, 0.717) is 24.7 Å². The lowest BCUT2D eigenvalue weighted by Crippen LogP contribution is -2.45. The molecule has 2 aliphatic rings. The second kappa shape index (κ2) is 7.48. The Morgan fingerprint density at radius 3 is 2.54 bits per heavy atom. The Labute approximate surface area is 165 Å². The summed E-state index contributed by atoms with van der Waals surface area (Å²) in [6, 6.07) is 7.63. The van der Waals surface area contributed by atoms with Crippen molar-refractivity contribution < 1.29 is 14.3 Å². The average molecular weight is 382 g/mol. The number of aromatic nitrogens is 2. The molecule has 0 aliphatic carbocycles. The number of piperidine rings is 1. The van der Waals surface area contributed by atoms with Crippen molar-refractivity contribution in [3.63, 3.8) is 0 Å². The Balaban J connectivity index is 1.51. The minimum Gasteiger partial charge on any atom is -0.356 e. The second-order valence-electron chi connectivity index (χ2n) is 7.45. The topological polar surface area (TPSA) is 76.6 Å². The summed E-state index contributed by atoms with van der Waals surface area (Å²) in [6.45, 7) is 8.71. The molecule has 7 nitrogen and oxygen atoms in total. The lowest BCUT2D eigenvalue weighted by atomic mass is 10.0. The number of aryl methyl sites for hydroxylation is 2. The summed E-state index contributed by atoms with van der Waals surface area (Å²) in [5.74, 6) is 0.696. The molecule has 1 aromatic carbocycles.